The Morgan fingerprint density at radius 2 is 2.08 bits per heavy atom. The molecule has 0 unspecified atom stereocenters. The van der Waals surface area contributed by atoms with Crippen LogP contribution in [0.15, 0.2) is 47.2 Å². The van der Waals surface area contributed by atoms with Gasteiger partial charge in [0.1, 0.15) is 11.4 Å². The van der Waals surface area contributed by atoms with Crippen LogP contribution in [0.3, 0.4) is 0 Å². The molecule has 0 saturated carbocycles. The maximum Gasteiger partial charge on any atom is 0.272 e. The molecule has 9 heteroatoms. The van der Waals surface area contributed by atoms with E-state index in [9.17, 15) is 4.79 Å². The summed E-state index contributed by atoms with van der Waals surface area (Å²) < 4.78 is 9.78. The van der Waals surface area contributed by atoms with Crippen molar-refractivity contribution in [3.63, 3.8) is 0 Å². The van der Waals surface area contributed by atoms with Crippen molar-refractivity contribution in [1.29, 1.82) is 0 Å². The summed E-state index contributed by atoms with van der Waals surface area (Å²) in [6.07, 6.45) is 3.55. The van der Waals surface area contributed by atoms with Crippen molar-refractivity contribution in [2.75, 3.05) is 0 Å². The molecule has 3 rings (SSSR count). The molecule has 0 aliphatic rings. The number of rotatable bonds is 7. The lowest BCUT2D eigenvalue weighted by atomic mass is 10.3. The number of nitrogens with one attached hydrogen (secondary N) is 1. The van der Waals surface area contributed by atoms with E-state index in [1.165, 1.54) is 4.68 Å². The van der Waals surface area contributed by atoms with Gasteiger partial charge in [-0.2, -0.15) is 10.2 Å². The molecule has 0 bridgehead atoms. The summed E-state index contributed by atoms with van der Waals surface area (Å²) in [5.74, 6) is 0.284. The fourth-order valence-electron chi connectivity index (χ4n) is 2.23. The van der Waals surface area contributed by atoms with Gasteiger partial charge in [0.2, 0.25) is 0 Å². The van der Waals surface area contributed by atoms with Crippen LogP contribution in [0.2, 0.25) is 5.02 Å². The largest absolute Gasteiger partial charge is 0.470 e. The van der Waals surface area contributed by atoms with E-state index >= 15 is 0 Å². The lowest BCUT2D eigenvalue weighted by Crippen LogP contribution is -2.24. The van der Waals surface area contributed by atoms with E-state index in [1.807, 2.05) is 25.3 Å². The first kappa shape index (κ1) is 18.5. The number of carbonyl (C=O) groups excluding carboxylic acids is 1. The fraction of sp³-hybridized carbons (Fsp3) is 0.235. The Hall–Kier alpha value is -2.32. The predicted octanol–water partition coefficient (Wildman–Crippen LogP) is 3.48. The maximum atomic E-state index is 12.2. The number of aromatic nitrogens is 4. The third-order valence-corrected chi connectivity index (χ3v) is 4.56. The third-order valence-electron chi connectivity index (χ3n) is 3.59. The molecule has 3 aromatic rings. The molecule has 2 heterocycles. The highest BCUT2D eigenvalue weighted by molar-refractivity contribution is 9.10. The van der Waals surface area contributed by atoms with Gasteiger partial charge in [-0.25, -0.2) is 4.68 Å². The summed E-state index contributed by atoms with van der Waals surface area (Å²) >= 11 is 9.48. The van der Waals surface area contributed by atoms with Gasteiger partial charge in [-0.3, -0.25) is 9.48 Å². The Labute approximate surface area is 164 Å². The number of nitrogens with zero attached hydrogens (tertiary/aromatic N) is 4. The minimum Gasteiger partial charge on any atom is -0.470 e. The van der Waals surface area contributed by atoms with Gasteiger partial charge >= 0.3 is 0 Å². The first-order valence-electron chi connectivity index (χ1n) is 7.97. The van der Waals surface area contributed by atoms with Gasteiger partial charge in [-0.15, -0.1) is 0 Å². The van der Waals surface area contributed by atoms with Crippen molar-refractivity contribution < 1.29 is 9.53 Å². The average Bonchev–Trinajstić information content (AvgIpc) is 3.25. The number of halogens is 2. The Bertz CT molecular complexity index is 908. The van der Waals surface area contributed by atoms with Crippen molar-refractivity contribution in [2.24, 2.45) is 0 Å². The molecule has 7 nitrogen and oxygen atoms in total. The van der Waals surface area contributed by atoms with E-state index in [2.05, 4.69) is 31.4 Å². The molecule has 1 amide bonds. The second-order valence-corrected chi connectivity index (χ2v) is 6.67. The van der Waals surface area contributed by atoms with Crippen LogP contribution in [-0.2, 0) is 19.8 Å². The predicted molar refractivity (Wildman–Crippen MR) is 101 cm³/mol. The van der Waals surface area contributed by atoms with Crippen LogP contribution in [0, 0.1) is 0 Å². The second kappa shape index (κ2) is 8.37. The van der Waals surface area contributed by atoms with E-state index in [1.54, 1.807) is 29.1 Å². The number of carbonyl (C=O) groups is 1. The molecule has 136 valence electrons. The van der Waals surface area contributed by atoms with Crippen molar-refractivity contribution in [3.05, 3.63) is 63.6 Å². The minimum atomic E-state index is -0.278. The molecule has 0 saturated heterocycles. The summed E-state index contributed by atoms with van der Waals surface area (Å²) in [6.45, 7) is 3.24. The minimum absolute atomic E-state index is 0.156. The first-order chi connectivity index (χ1) is 12.6. The maximum absolute atomic E-state index is 12.2. The van der Waals surface area contributed by atoms with Crippen LogP contribution < -0.4 is 10.1 Å². The van der Waals surface area contributed by atoms with Crippen LogP contribution in [0.1, 0.15) is 23.1 Å². The Morgan fingerprint density at radius 1 is 1.27 bits per heavy atom. The number of benzene rings is 1. The standard InChI is InChI=1S/C17H17BrClN5O2/c1-2-23-10-12(18)15(22-23)9-20-17(25)14-7-8-24(21-14)11-26-16-6-4-3-5-13(16)19/h3-8,10H,2,9,11H2,1H3,(H,20,25). The molecule has 0 atom stereocenters. The van der Waals surface area contributed by atoms with Gasteiger partial charge in [0, 0.05) is 18.9 Å². The van der Waals surface area contributed by atoms with Gasteiger partial charge in [0.05, 0.1) is 21.7 Å². The van der Waals surface area contributed by atoms with E-state index < -0.39 is 0 Å². The molecule has 0 aliphatic heterocycles. The van der Waals surface area contributed by atoms with Gasteiger partial charge < -0.3 is 10.1 Å². The highest BCUT2D eigenvalue weighted by Gasteiger charge is 2.12. The quantitative estimate of drug-likeness (QED) is 0.613. The summed E-state index contributed by atoms with van der Waals surface area (Å²) in [6, 6.07) is 8.81. The topological polar surface area (TPSA) is 74.0 Å². The van der Waals surface area contributed by atoms with Crippen LogP contribution in [0.4, 0.5) is 0 Å². The molecule has 0 radical (unpaired) electrons. The Morgan fingerprint density at radius 3 is 2.81 bits per heavy atom. The molecular formula is C17H17BrClN5O2. The first-order valence-corrected chi connectivity index (χ1v) is 9.14. The number of hydrogen-bond donors (Lipinski definition) is 1. The average molecular weight is 439 g/mol. The van der Waals surface area contributed by atoms with Gasteiger partial charge in [-0.05, 0) is 41.1 Å². The SMILES string of the molecule is CCn1cc(Br)c(CNC(=O)c2ccn(COc3ccccc3Cl)n2)n1. The van der Waals surface area contributed by atoms with Crippen molar-refractivity contribution in [1.82, 2.24) is 24.9 Å². The number of amides is 1. The van der Waals surface area contributed by atoms with Gasteiger partial charge in [-0.1, -0.05) is 23.7 Å². The zero-order chi connectivity index (χ0) is 18.5. The van der Waals surface area contributed by atoms with Crippen molar-refractivity contribution >= 4 is 33.4 Å². The van der Waals surface area contributed by atoms with Crippen LogP contribution in [0.25, 0.3) is 0 Å². The fourth-order valence-corrected chi connectivity index (χ4v) is 2.87. The zero-order valence-electron chi connectivity index (χ0n) is 14.0. The number of para-hydroxylation sites is 1. The van der Waals surface area contributed by atoms with Crippen LogP contribution >= 0.6 is 27.5 Å². The van der Waals surface area contributed by atoms with Gasteiger partial charge in [0.15, 0.2) is 6.73 Å². The number of hydrogen-bond acceptors (Lipinski definition) is 4. The van der Waals surface area contributed by atoms with E-state index in [0.717, 1.165) is 16.7 Å². The van der Waals surface area contributed by atoms with Crippen LogP contribution in [0.5, 0.6) is 5.75 Å². The third kappa shape index (κ3) is 4.44. The summed E-state index contributed by atoms with van der Waals surface area (Å²) in [5.41, 5.74) is 1.07. The lowest BCUT2D eigenvalue weighted by molar-refractivity contribution is 0.0943. The molecule has 0 fully saturated rings. The summed E-state index contributed by atoms with van der Waals surface area (Å²) in [7, 11) is 0. The smallest absolute Gasteiger partial charge is 0.272 e. The lowest BCUT2D eigenvalue weighted by Gasteiger charge is -2.07. The highest BCUT2D eigenvalue weighted by atomic mass is 79.9. The van der Waals surface area contributed by atoms with E-state index in [4.69, 9.17) is 16.3 Å². The highest BCUT2D eigenvalue weighted by Crippen LogP contribution is 2.23. The second-order valence-electron chi connectivity index (χ2n) is 5.41. The van der Waals surface area contributed by atoms with Crippen molar-refractivity contribution in [2.45, 2.75) is 26.7 Å². The van der Waals surface area contributed by atoms with Gasteiger partial charge in [0.25, 0.3) is 5.91 Å². The molecule has 1 N–H and O–H groups in total. The zero-order valence-corrected chi connectivity index (χ0v) is 16.4. The molecule has 0 aliphatic carbocycles. The Kier molecular flexibility index (Phi) is 5.95. The number of ether oxygens (including phenoxy) is 1. The normalized spacial score (nSPS) is 10.7. The van der Waals surface area contributed by atoms with Crippen LogP contribution in [-0.4, -0.2) is 25.5 Å². The van der Waals surface area contributed by atoms with Crippen molar-refractivity contribution in [3.8, 4) is 5.75 Å². The molecule has 1 aromatic carbocycles. The Balaban J connectivity index is 1.56. The van der Waals surface area contributed by atoms with E-state index in [0.29, 0.717) is 23.0 Å². The molecule has 0 spiro atoms. The molecule has 26 heavy (non-hydrogen) atoms. The monoisotopic (exact) mass is 437 g/mol. The van der Waals surface area contributed by atoms with E-state index in [-0.39, 0.29) is 12.6 Å². The summed E-state index contributed by atoms with van der Waals surface area (Å²) in [4.78, 5) is 12.2. The molecule has 2 aromatic heterocycles. The number of aryl methyl sites for hydroxylation is 1. The summed E-state index contributed by atoms with van der Waals surface area (Å²) in [5, 5.41) is 11.9. The molecular weight excluding hydrogens is 422 g/mol.